The Morgan fingerprint density at radius 2 is 0.900 bits per heavy atom. The van der Waals surface area contributed by atoms with Gasteiger partial charge in [0, 0.05) is 0 Å². The molecule has 0 spiro atoms. The van der Waals surface area contributed by atoms with Crippen molar-refractivity contribution in [2.75, 3.05) is 0 Å². The molecule has 0 radical (unpaired) electrons. The van der Waals surface area contributed by atoms with Crippen molar-refractivity contribution in [3.05, 3.63) is 48.6 Å². The average molecular weight is 132 g/mol. The molecule has 0 heteroatoms. The van der Waals surface area contributed by atoms with E-state index in [1.807, 2.05) is 12.2 Å². The van der Waals surface area contributed by atoms with Crippen molar-refractivity contribution in [3.8, 4) is 0 Å². The van der Waals surface area contributed by atoms with E-state index in [4.69, 9.17) is 0 Å². The summed E-state index contributed by atoms with van der Waals surface area (Å²) in [6.07, 6.45) is 19.0. The summed E-state index contributed by atoms with van der Waals surface area (Å²) in [5.74, 6) is 0. The molecule has 0 aromatic rings. The molecule has 0 heterocycles. The van der Waals surface area contributed by atoms with E-state index in [0.717, 1.165) is 12.8 Å². The Hall–Kier alpha value is -1.04. The van der Waals surface area contributed by atoms with Gasteiger partial charge in [0.25, 0.3) is 0 Å². The molecular weight excluding hydrogens is 120 g/mol. The Kier molecular flexibility index (Phi) is 3.40. The lowest BCUT2D eigenvalue weighted by atomic mass is 10.2. The fourth-order valence-electron chi connectivity index (χ4n) is 0.799. The zero-order valence-electron chi connectivity index (χ0n) is 6.03. The van der Waals surface area contributed by atoms with E-state index >= 15 is 0 Å². The summed E-state index contributed by atoms with van der Waals surface area (Å²) in [6.45, 7) is 0. The van der Waals surface area contributed by atoms with Crippen LogP contribution in [0.15, 0.2) is 48.6 Å². The van der Waals surface area contributed by atoms with Gasteiger partial charge in [-0.25, -0.2) is 0 Å². The predicted octanol–water partition coefficient (Wildman–Crippen LogP) is 3.01. The highest BCUT2D eigenvalue weighted by Crippen LogP contribution is 1.95. The smallest absolute Gasteiger partial charge is 0.0313 e. The van der Waals surface area contributed by atoms with Gasteiger partial charge in [-0.05, 0) is 12.8 Å². The van der Waals surface area contributed by atoms with Crippen LogP contribution >= 0.6 is 0 Å². The van der Waals surface area contributed by atoms with E-state index in [2.05, 4.69) is 36.5 Å². The van der Waals surface area contributed by atoms with Gasteiger partial charge in [-0.3, -0.25) is 0 Å². The van der Waals surface area contributed by atoms with E-state index in [9.17, 15) is 0 Å². The second-order valence-electron chi connectivity index (χ2n) is 2.20. The number of rotatable bonds is 0. The lowest BCUT2D eigenvalue weighted by molar-refractivity contribution is 1.05. The fraction of sp³-hybridized carbons (Fsp3) is 0.200. The van der Waals surface area contributed by atoms with Crippen LogP contribution in [0.25, 0.3) is 0 Å². The van der Waals surface area contributed by atoms with Gasteiger partial charge in [-0.2, -0.15) is 0 Å². The molecule has 0 aliphatic heterocycles. The fourth-order valence-corrected chi connectivity index (χ4v) is 0.799. The number of allylic oxidation sites excluding steroid dienone is 8. The summed E-state index contributed by atoms with van der Waals surface area (Å²) in [5, 5.41) is 0. The van der Waals surface area contributed by atoms with Gasteiger partial charge in [0.05, 0.1) is 0 Å². The Bertz CT molecular complexity index is 158. The van der Waals surface area contributed by atoms with Crippen LogP contribution in [0.1, 0.15) is 12.8 Å². The lowest BCUT2D eigenvalue weighted by Crippen LogP contribution is -1.64. The molecule has 0 bridgehead atoms. The Morgan fingerprint density at radius 1 is 0.500 bits per heavy atom. The maximum atomic E-state index is 2.18. The van der Waals surface area contributed by atoms with Crippen LogP contribution < -0.4 is 0 Å². The van der Waals surface area contributed by atoms with Crippen LogP contribution in [0.3, 0.4) is 0 Å². The van der Waals surface area contributed by atoms with Gasteiger partial charge in [0.1, 0.15) is 0 Å². The molecular formula is C10H12. The first kappa shape index (κ1) is 7.07. The second-order valence-corrected chi connectivity index (χ2v) is 2.20. The van der Waals surface area contributed by atoms with Crippen molar-refractivity contribution >= 4 is 0 Å². The number of hydrogen-bond acceptors (Lipinski definition) is 0. The molecule has 0 unspecified atom stereocenters. The van der Waals surface area contributed by atoms with Crippen molar-refractivity contribution in [2.24, 2.45) is 0 Å². The van der Waals surface area contributed by atoms with E-state index in [0.29, 0.717) is 0 Å². The molecule has 1 rings (SSSR count). The largest absolute Gasteiger partial charge is 0.0842 e. The number of hydrogen-bond donors (Lipinski definition) is 0. The van der Waals surface area contributed by atoms with Crippen molar-refractivity contribution in [2.45, 2.75) is 12.8 Å². The van der Waals surface area contributed by atoms with Gasteiger partial charge in [-0.1, -0.05) is 48.6 Å². The lowest BCUT2D eigenvalue weighted by Gasteiger charge is -1.85. The van der Waals surface area contributed by atoms with Crippen molar-refractivity contribution < 1.29 is 0 Å². The van der Waals surface area contributed by atoms with Crippen LogP contribution in [-0.2, 0) is 0 Å². The van der Waals surface area contributed by atoms with Crippen LogP contribution in [0.2, 0.25) is 0 Å². The average Bonchev–Trinajstić information content (AvgIpc) is 2.01. The summed E-state index contributed by atoms with van der Waals surface area (Å²) in [5.41, 5.74) is 0. The Balaban J connectivity index is 2.53. The van der Waals surface area contributed by atoms with Crippen LogP contribution in [-0.4, -0.2) is 0 Å². The monoisotopic (exact) mass is 132 g/mol. The first-order valence-electron chi connectivity index (χ1n) is 3.65. The molecule has 0 saturated carbocycles. The molecule has 0 atom stereocenters. The van der Waals surface area contributed by atoms with E-state index < -0.39 is 0 Å². The molecule has 10 heavy (non-hydrogen) atoms. The summed E-state index contributed by atoms with van der Waals surface area (Å²) in [6, 6.07) is 0. The third-order valence-corrected chi connectivity index (χ3v) is 1.33. The highest BCUT2D eigenvalue weighted by Gasteiger charge is 1.74. The third kappa shape index (κ3) is 3.08. The molecule has 0 saturated heterocycles. The molecule has 0 nitrogen and oxygen atoms in total. The van der Waals surface area contributed by atoms with Gasteiger partial charge in [0.2, 0.25) is 0 Å². The Labute approximate surface area is 62.3 Å². The minimum absolute atomic E-state index is 1.15. The molecule has 0 N–H and O–H groups in total. The maximum absolute atomic E-state index is 2.18. The van der Waals surface area contributed by atoms with Crippen LogP contribution in [0.5, 0.6) is 0 Å². The highest BCUT2D eigenvalue weighted by molar-refractivity contribution is 5.16. The van der Waals surface area contributed by atoms with E-state index in [-0.39, 0.29) is 0 Å². The highest BCUT2D eigenvalue weighted by atomic mass is 13.8. The Morgan fingerprint density at radius 3 is 1.40 bits per heavy atom. The van der Waals surface area contributed by atoms with Gasteiger partial charge in [0.15, 0.2) is 0 Å². The minimum atomic E-state index is 1.15. The third-order valence-electron chi connectivity index (χ3n) is 1.33. The quantitative estimate of drug-likeness (QED) is 0.475. The summed E-state index contributed by atoms with van der Waals surface area (Å²) in [4.78, 5) is 0. The molecule has 0 fully saturated rings. The van der Waals surface area contributed by atoms with Gasteiger partial charge in [-0.15, -0.1) is 0 Å². The SMILES string of the molecule is C1=CCC/C=C/C=C\C=C\1. The summed E-state index contributed by atoms with van der Waals surface area (Å²) < 4.78 is 0. The van der Waals surface area contributed by atoms with Crippen LogP contribution in [0, 0.1) is 0 Å². The normalized spacial score (nSPS) is 27.2. The van der Waals surface area contributed by atoms with E-state index in [1.54, 1.807) is 0 Å². The second kappa shape index (κ2) is 4.80. The van der Waals surface area contributed by atoms with Crippen molar-refractivity contribution in [1.82, 2.24) is 0 Å². The van der Waals surface area contributed by atoms with Crippen molar-refractivity contribution in [1.29, 1.82) is 0 Å². The maximum Gasteiger partial charge on any atom is -0.0313 e. The first-order valence-corrected chi connectivity index (χ1v) is 3.65. The zero-order valence-corrected chi connectivity index (χ0v) is 6.03. The zero-order chi connectivity index (χ0) is 7.07. The van der Waals surface area contributed by atoms with Gasteiger partial charge >= 0.3 is 0 Å². The summed E-state index contributed by atoms with van der Waals surface area (Å²) >= 11 is 0. The standard InChI is InChI=1S/C10H12/c1-2-4-6-8-10-9-7-5-3-1/h1-8H,9-10H2/b3-1-,4-2+,7-5+,8-6?. The first-order chi connectivity index (χ1) is 5.00. The molecule has 0 amide bonds. The predicted molar refractivity (Wildman–Crippen MR) is 45.8 cm³/mol. The van der Waals surface area contributed by atoms with E-state index in [1.165, 1.54) is 0 Å². The van der Waals surface area contributed by atoms with Gasteiger partial charge < -0.3 is 0 Å². The molecule has 1 aliphatic rings. The minimum Gasteiger partial charge on any atom is -0.0842 e. The summed E-state index contributed by atoms with van der Waals surface area (Å²) in [7, 11) is 0. The van der Waals surface area contributed by atoms with Crippen LogP contribution in [0.4, 0.5) is 0 Å². The molecule has 52 valence electrons. The molecule has 1 aliphatic carbocycles. The topological polar surface area (TPSA) is 0 Å². The molecule has 0 aromatic heterocycles. The molecule has 0 aromatic carbocycles. The van der Waals surface area contributed by atoms with Crippen molar-refractivity contribution in [3.63, 3.8) is 0 Å².